The highest BCUT2D eigenvalue weighted by Gasteiger charge is 2.31. The van der Waals surface area contributed by atoms with E-state index >= 15 is 0 Å². The average molecular weight is 320 g/mol. The molecule has 0 aromatic rings. The number of nitrogens with one attached hydrogen (secondary N) is 2. The molecule has 0 aromatic heterocycles. The quantitative estimate of drug-likeness (QED) is 0.477. The molecule has 114 valence electrons. The zero-order valence-corrected chi connectivity index (χ0v) is 13.4. The largest absolute Gasteiger partial charge is 0.309 e. The predicted octanol–water partition coefficient (Wildman–Crippen LogP) is 2.64. The highest BCUT2D eigenvalue weighted by molar-refractivity contribution is 6.30. The van der Waals surface area contributed by atoms with E-state index < -0.39 is 0 Å². The lowest BCUT2D eigenvalue weighted by molar-refractivity contribution is -0.125. The minimum Gasteiger partial charge on any atom is -0.309 e. The highest BCUT2D eigenvalue weighted by Crippen LogP contribution is 2.31. The van der Waals surface area contributed by atoms with Crippen LogP contribution in [0.3, 0.4) is 0 Å². The Labute approximate surface area is 130 Å². The molecule has 1 aliphatic carbocycles. The SMILES string of the molecule is C/C(=N\NC(=O)C1CCC(Cl)C(Cl)C1)C1CCCCN1. The van der Waals surface area contributed by atoms with E-state index in [9.17, 15) is 4.79 Å². The molecule has 6 heteroatoms. The van der Waals surface area contributed by atoms with E-state index in [0.29, 0.717) is 12.5 Å². The van der Waals surface area contributed by atoms with Crippen LogP contribution in [0.1, 0.15) is 45.4 Å². The van der Waals surface area contributed by atoms with Gasteiger partial charge in [0.1, 0.15) is 0 Å². The van der Waals surface area contributed by atoms with Gasteiger partial charge in [-0.25, -0.2) is 5.43 Å². The van der Waals surface area contributed by atoms with Crippen molar-refractivity contribution in [1.29, 1.82) is 0 Å². The Morgan fingerprint density at radius 3 is 2.65 bits per heavy atom. The second-order valence-corrected chi connectivity index (χ2v) is 6.89. The molecule has 2 fully saturated rings. The molecule has 4 atom stereocenters. The summed E-state index contributed by atoms with van der Waals surface area (Å²) in [5.74, 6) is -0.0993. The van der Waals surface area contributed by atoms with Crippen LogP contribution in [-0.4, -0.2) is 35.0 Å². The zero-order valence-electron chi connectivity index (χ0n) is 11.9. The van der Waals surface area contributed by atoms with Crippen LogP contribution in [0, 0.1) is 5.92 Å². The summed E-state index contributed by atoms with van der Waals surface area (Å²) in [6, 6.07) is 0.295. The fourth-order valence-electron chi connectivity index (χ4n) is 2.84. The number of nitrogens with zero attached hydrogens (tertiary/aromatic N) is 1. The van der Waals surface area contributed by atoms with Gasteiger partial charge in [-0.05, 0) is 45.6 Å². The lowest BCUT2D eigenvalue weighted by Gasteiger charge is -2.28. The van der Waals surface area contributed by atoms with Crippen molar-refractivity contribution in [3.63, 3.8) is 0 Å². The van der Waals surface area contributed by atoms with Crippen LogP contribution in [-0.2, 0) is 4.79 Å². The summed E-state index contributed by atoms with van der Waals surface area (Å²) in [5.41, 5.74) is 3.64. The van der Waals surface area contributed by atoms with E-state index in [1.165, 1.54) is 12.8 Å². The van der Waals surface area contributed by atoms with Crippen LogP contribution in [0.5, 0.6) is 0 Å². The van der Waals surface area contributed by atoms with E-state index in [2.05, 4.69) is 15.8 Å². The molecule has 2 rings (SSSR count). The molecular formula is C14H23Cl2N3O. The average Bonchev–Trinajstić information content (AvgIpc) is 2.48. The second kappa shape index (κ2) is 7.62. The van der Waals surface area contributed by atoms with Crippen molar-refractivity contribution >= 4 is 34.8 Å². The summed E-state index contributed by atoms with van der Waals surface area (Å²) in [4.78, 5) is 12.1. The molecule has 0 spiro atoms. The minimum atomic E-state index is -0.119. The topological polar surface area (TPSA) is 53.5 Å². The first-order valence-electron chi connectivity index (χ1n) is 7.43. The van der Waals surface area contributed by atoms with Gasteiger partial charge in [0.05, 0.1) is 11.1 Å². The van der Waals surface area contributed by atoms with Gasteiger partial charge in [-0.1, -0.05) is 6.42 Å². The molecule has 0 aromatic carbocycles. The van der Waals surface area contributed by atoms with Crippen molar-refractivity contribution in [2.24, 2.45) is 11.0 Å². The molecule has 1 saturated carbocycles. The summed E-state index contributed by atoms with van der Waals surface area (Å²) in [5, 5.41) is 7.52. The van der Waals surface area contributed by atoms with Crippen LogP contribution in [0.25, 0.3) is 0 Å². The molecule has 0 bridgehead atoms. The first-order valence-corrected chi connectivity index (χ1v) is 8.30. The molecule has 1 heterocycles. The van der Waals surface area contributed by atoms with Gasteiger partial charge in [0, 0.05) is 17.3 Å². The molecule has 1 aliphatic heterocycles. The van der Waals surface area contributed by atoms with E-state index in [-0.39, 0.29) is 22.6 Å². The van der Waals surface area contributed by atoms with Crippen LogP contribution < -0.4 is 10.7 Å². The molecule has 2 aliphatic rings. The molecule has 1 amide bonds. The first-order chi connectivity index (χ1) is 9.58. The van der Waals surface area contributed by atoms with Gasteiger partial charge < -0.3 is 5.32 Å². The Morgan fingerprint density at radius 2 is 2.00 bits per heavy atom. The maximum absolute atomic E-state index is 12.1. The number of carbonyl (C=O) groups excluding carboxylic acids is 1. The molecule has 4 unspecified atom stereocenters. The predicted molar refractivity (Wildman–Crippen MR) is 83.5 cm³/mol. The second-order valence-electron chi connectivity index (χ2n) is 5.77. The first kappa shape index (κ1) is 16.1. The maximum atomic E-state index is 12.1. The Balaban J connectivity index is 1.81. The summed E-state index contributed by atoms with van der Waals surface area (Å²) in [6.07, 6.45) is 5.74. The number of hydrazone groups is 1. The Hall–Kier alpha value is -0.320. The molecule has 2 N–H and O–H groups in total. The number of hydrogen-bond acceptors (Lipinski definition) is 3. The summed E-state index contributed by atoms with van der Waals surface area (Å²) in [7, 11) is 0. The van der Waals surface area contributed by atoms with Crippen LogP contribution in [0.4, 0.5) is 0 Å². The minimum absolute atomic E-state index is 0.0163. The summed E-state index contributed by atoms with van der Waals surface area (Å²) in [6.45, 7) is 2.99. The van der Waals surface area contributed by atoms with Crippen LogP contribution in [0.15, 0.2) is 5.10 Å². The number of alkyl halides is 2. The van der Waals surface area contributed by atoms with Crippen LogP contribution >= 0.6 is 23.2 Å². The van der Waals surface area contributed by atoms with Crippen molar-refractivity contribution < 1.29 is 4.79 Å². The third-order valence-corrected chi connectivity index (χ3v) is 5.35. The van der Waals surface area contributed by atoms with Gasteiger partial charge in [0.15, 0.2) is 0 Å². The lowest BCUT2D eigenvalue weighted by Crippen LogP contribution is -2.41. The van der Waals surface area contributed by atoms with E-state index in [0.717, 1.165) is 31.5 Å². The van der Waals surface area contributed by atoms with E-state index in [1.807, 2.05) is 6.92 Å². The summed E-state index contributed by atoms with van der Waals surface area (Å²) < 4.78 is 0. The molecule has 20 heavy (non-hydrogen) atoms. The van der Waals surface area contributed by atoms with Crippen molar-refractivity contribution in [2.75, 3.05) is 6.54 Å². The van der Waals surface area contributed by atoms with Gasteiger partial charge >= 0.3 is 0 Å². The number of hydrogen-bond donors (Lipinski definition) is 2. The third-order valence-electron chi connectivity index (χ3n) is 4.22. The van der Waals surface area contributed by atoms with Crippen molar-refractivity contribution in [3.8, 4) is 0 Å². The Morgan fingerprint density at radius 1 is 1.20 bits per heavy atom. The molecule has 1 saturated heterocycles. The maximum Gasteiger partial charge on any atom is 0.243 e. The zero-order chi connectivity index (χ0) is 14.5. The smallest absolute Gasteiger partial charge is 0.243 e. The normalized spacial score (nSPS) is 35.6. The number of piperidine rings is 1. The van der Waals surface area contributed by atoms with Gasteiger partial charge in [-0.2, -0.15) is 5.10 Å². The van der Waals surface area contributed by atoms with Gasteiger partial charge in [-0.3, -0.25) is 4.79 Å². The van der Waals surface area contributed by atoms with Gasteiger partial charge in [-0.15, -0.1) is 23.2 Å². The number of halogens is 2. The molecule has 4 nitrogen and oxygen atoms in total. The van der Waals surface area contributed by atoms with E-state index in [4.69, 9.17) is 23.2 Å². The summed E-state index contributed by atoms with van der Waals surface area (Å²) >= 11 is 12.2. The van der Waals surface area contributed by atoms with Crippen molar-refractivity contribution in [1.82, 2.24) is 10.7 Å². The Kier molecular flexibility index (Phi) is 6.12. The number of amides is 1. The van der Waals surface area contributed by atoms with Crippen LogP contribution in [0.2, 0.25) is 0 Å². The Bertz CT molecular complexity index is 369. The highest BCUT2D eigenvalue weighted by atomic mass is 35.5. The fraction of sp³-hybridized carbons (Fsp3) is 0.857. The fourth-order valence-corrected chi connectivity index (χ4v) is 3.41. The van der Waals surface area contributed by atoms with Gasteiger partial charge in [0.25, 0.3) is 0 Å². The van der Waals surface area contributed by atoms with Crippen molar-refractivity contribution in [3.05, 3.63) is 0 Å². The molecular weight excluding hydrogens is 297 g/mol. The van der Waals surface area contributed by atoms with Gasteiger partial charge in [0.2, 0.25) is 5.91 Å². The monoisotopic (exact) mass is 319 g/mol. The third kappa shape index (κ3) is 4.34. The van der Waals surface area contributed by atoms with E-state index in [1.54, 1.807) is 0 Å². The standard InChI is InChI=1S/C14H23Cl2N3O/c1-9(13-4-2-3-7-17-13)18-19-14(20)10-5-6-11(15)12(16)8-10/h10-13,17H,2-8H2,1H3,(H,19,20)/b18-9+. The van der Waals surface area contributed by atoms with Crippen molar-refractivity contribution in [2.45, 2.75) is 62.2 Å². The molecule has 0 radical (unpaired) electrons. The lowest BCUT2D eigenvalue weighted by atomic mass is 9.88. The number of carbonyl (C=O) groups is 1. The number of rotatable bonds is 3.